The SMILES string of the molecule is NC(=O)CCN(C(=O)CSc1ncc(-c2ccccc2)n1CC(F)(F)F)c1ccc(F)cc1. The number of imidazole rings is 1. The minimum absolute atomic E-state index is 0.0217. The van der Waals surface area contributed by atoms with Gasteiger partial charge in [-0.05, 0) is 29.8 Å². The average Bonchev–Trinajstić information content (AvgIpc) is 3.14. The van der Waals surface area contributed by atoms with Gasteiger partial charge in [0, 0.05) is 18.7 Å². The Hall–Kier alpha value is -3.34. The number of hydrogen-bond donors (Lipinski definition) is 1. The van der Waals surface area contributed by atoms with Gasteiger partial charge in [0.2, 0.25) is 11.8 Å². The molecule has 0 radical (unpaired) electrons. The molecule has 0 spiro atoms. The van der Waals surface area contributed by atoms with Crippen LogP contribution in [0.5, 0.6) is 0 Å². The number of nitrogens with two attached hydrogens (primary N) is 1. The Morgan fingerprint density at radius 3 is 2.33 bits per heavy atom. The van der Waals surface area contributed by atoms with Crippen molar-refractivity contribution in [1.82, 2.24) is 9.55 Å². The summed E-state index contributed by atoms with van der Waals surface area (Å²) >= 11 is 0.842. The number of alkyl halides is 3. The summed E-state index contributed by atoms with van der Waals surface area (Å²) in [5.74, 6) is -1.87. The molecular formula is C22H20F4N4O2S. The summed E-state index contributed by atoms with van der Waals surface area (Å²) in [7, 11) is 0. The van der Waals surface area contributed by atoms with Crippen LogP contribution in [0.1, 0.15) is 6.42 Å². The lowest BCUT2D eigenvalue weighted by Gasteiger charge is -2.22. The summed E-state index contributed by atoms with van der Waals surface area (Å²) in [4.78, 5) is 29.4. The Labute approximate surface area is 191 Å². The lowest BCUT2D eigenvalue weighted by atomic mass is 10.2. The van der Waals surface area contributed by atoms with Crippen LogP contribution in [0.25, 0.3) is 11.3 Å². The predicted molar refractivity (Wildman–Crippen MR) is 117 cm³/mol. The minimum atomic E-state index is -4.49. The fraction of sp³-hybridized carbons (Fsp3) is 0.227. The molecular weight excluding hydrogens is 460 g/mol. The molecule has 0 bridgehead atoms. The fourth-order valence-electron chi connectivity index (χ4n) is 3.09. The summed E-state index contributed by atoms with van der Waals surface area (Å²) in [5, 5.41) is 0.0217. The highest BCUT2D eigenvalue weighted by Crippen LogP contribution is 2.30. The number of benzene rings is 2. The van der Waals surface area contributed by atoms with E-state index < -0.39 is 30.4 Å². The van der Waals surface area contributed by atoms with E-state index in [4.69, 9.17) is 5.73 Å². The van der Waals surface area contributed by atoms with Gasteiger partial charge in [0.15, 0.2) is 5.16 Å². The first-order valence-corrected chi connectivity index (χ1v) is 10.8. The van der Waals surface area contributed by atoms with E-state index in [1.807, 2.05) is 0 Å². The Morgan fingerprint density at radius 1 is 1.06 bits per heavy atom. The molecule has 2 aromatic carbocycles. The molecule has 0 saturated carbocycles. The number of carbonyl (C=O) groups is 2. The van der Waals surface area contributed by atoms with Crippen molar-refractivity contribution < 1.29 is 27.2 Å². The van der Waals surface area contributed by atoms with Gasteiger partial charge in [-0.2, -0.15) is 13.2 Å². The van der Waals surface area contributed by atoms with Crippen LogP contribution in [-0.4, -0.2) is 39.8 Å². The highest BCUT2D eigenvalue weighted by atomic mass is 32.2. The van der Waals surface area contributed by atoms with E-state index >= 15 is 0 Å². The third-order valence-electron chi connectivity index (χ3n) is 4.57. The maximum atomic E-state index is 13.3. The van der Waals surface area contributed by atoms with Gasteiger partial charge in [0.05, 0.1) is 17.6 Å². The van der Waals surface area contributed by atoms with Crippen molar-refractivity contribution >= 4 is 29.3 Å². The van der Waals surface area contributed by atoms with E-state index in [2.05, 4.69) is 4.98 Å². The van der Waals surface area contributed by atoms with Gasteiger partial charge in [0.25, 0.3) is 0 Å². The van der Waals surface area contributed by atoms with Crippen LogP contribution in [-0.2, 0) is 16.1 Å². The molecule has 0 atom stereocenters. The van der Waals surface area contributed by atoms with Gasteiger partial charge < -0.3 is 15.2 Å². The smallest absolute Gasteiger partial charge is 0.370 e. The number of thioether (sulfide) groups is 1. The summed E-state index contributed by atoms with van der Waals surface area (Å²) in [6.45, 7) is -1.32. The Kier molecular flexibility index (Phi) is 7.75. The average molecular weight is 480 g/mol. The van der Waals surface area contributed by atoms with Crippen LogP contribution in [0.15, 0.2) is 66.0 Å². The normalized spacial score (nSPS) is 11.4. The van der Waals surface area contributed by atoms with Crippen molar-refractivity contribution in [3.8, 4) is 11.3 Å². The maximum Gasteiger partial charge on any atom is 0.406 e. The first kappa shape index (κ1) is 24.3. The molecule has 0 unspecified atom stereocenters. The number of halogens is 4. The summed E-state index contributed by atoms with van der Waals surface area (Å²) in [6, 6.07) is 13.6. The minimum Gasteiger partial charge on any atom is -0.370 e. The quantitative estimate of drug-likeness (QED) is 0.367. The number of anilines is 1. The number of carbonyl (C=O) groups excluding carboxylic acids is 2. The summed E-state index contributed by atoms with van der Waals surface area (Å²) in [6.07, 6.45) is -3.29. The van der Waals surface area contributed by atoms with Crippen LogP contribution >= 0.6 is 11.8 Å². The second-order valence-corrected chi connectivity index (χ2v) is 7.96. The number of amides is 2. The van der Waals surface area contributed by atoms with E-state index in [1.165, 1.54) is 23.2 Å². The lowest BCUT2D eigenvalue weighted by Crippen LogP contribution is -2.35. The molecule has 0 aliphatic heterocycles. The van der Waals surface area contributed by atoms with Crippen molar-refractivity contribution in [3.05, 3.63) is 66.6 Å². The third-order valence-corrected chi connectivity index (χ3v) is 5.55. The van der Waals surface area contributed by atoms with E-state index in [9.17, 15) is 27.2 Å². The van der Waals surface area contributed by atoms with Gasteiger partial charge in [-0.1, -0.05) is 42.1 Å². The van der Waals surface area contributed by atoms with Gasteiger partial charge in [-0.15, -0.1) is 0 Å². The van der Waals surface area contributed by atoms with Gasteiger partial charge in [-0.25, -0.2) is 9.37 Å². The maximum absolute atomic E-state index is 13.3. The molecule has 2 amide bonds. The van der Waals surface area contributed by atoms with Crippen molar-refractivity contribution in [2.45, 2.75) is 24.3 Å². The standard InChI is InChI=1S/C22H20F4N4O2S/c23-16-6-8-17(9-7-16)29(11-10-19(27)31)20(32)13-33-21-28-12-18(15-4-2-1-3-5-15)30(21)14-22(24,25)26/h1-9,12H,10-11,13-14H2,(H2,27,31). The number of nitrogens with zero attached hydrogens (tertiary/aromatic N) is 3. The second-order valence-electron chi connectivity index (χ2n) is 7.02. The van der Waals surface area contributed by atoms with Crippen LogP contribution < -0.4 is 10.6 Å². The van der Waals surface area contributed by atoms with E-state index in [1.54, 1.807) is 30.3 Å². The predicted octanol–water partition coefficient (Wildman–Crippen LogP) is 4.25. The van der Waals surface area contributed by atoms with Crippen molar-refractivity contribution in [2.75, 3.05) is 17.2 Å². The highest BCUT2D eigenvalue weighted by Gasteiger charge is 2.31. The zero-order valence-corrected chi connectivity index (χ0v) is 18.1. The van der Waals surface area contributed by atoms with E-state index in [0.29, 0.717) is 11.3 Å². The topological polar surface area (TPSA) is 81.2 Å². The Balaban J connectivity index is 1.83. The van der Waals surface area contributed by atoms with Crippen LogP contribution in [0.2, 0.25) is 0 Å². The first-order valence-electron chi connectivity index (χ1n) is 9.79. The molecule has 6 nitrogen and oxygen atoms in total. The molecule has 3 rings (SSSR count). The van der Waals surface area contributed by atoms with Crippen LogP contribution in [0.4, 0.5) is 23.2 Å². The molecule has 33 heavy (non-hydrogen) atoms. The molecule has 0 saturated heterocycles. The molecule has 0 aliphatic rings. The summed E-state index contributed by atoms with van der Waals surface area (Å²) in [5.41, 5.74) is 6.35. The molecule has 0 fully saturated rings. The fourth-order valence-corrected chi connectivity index (χ4v) is 3.94. The molecule has 3 aromatic rings. The van der Waals surface area contributed by atoms with Crippen LogP contribution in [0.3, 0.4) is 0 Å². The second kappa shape index (κ2) is 10.5. The van der Waals surface area contributed by atoms with Gasteiger partial charge in [-0.3, -0.25) is 9.59 Å². The Bertz CT molecular complexity index is 1100. The van der Waals surface area contributed by atoms with E-state index in [-0.39, 0.29) is 29.6 Å². The number of rotatable bonds is 9. The molecule has 11 heteroatoms. The van der Waals surface area contributed by atoms with Crippen molar-refractivity contribution in [3.63, 3.8) is 0 Å². The largest absolute Gasteiger partial charge is 0.406 e. The van der Waals surface area contributed by atoms with Crippen molar-refractivity contribution in [1.29, 1.82) is 0 Å². The zero-order chi connectivity index (χ0) is 24.0. The van der Waals surface area contributed by atoms with Crippen LogP contribution in [0, 0.1) is 5.82 Å². The number of hydrogen-bond acceptors (Lipinski definition) is 4. The zero-order valence-electron chi connectivity index (χ0n) is 17.3. The lowest BCUT2D eigenvalue weighted by molar-refractivity contribution is -0.141. The van der Waals surface area contributed by atoms with Gasteiger partial charge in [0.1, 0.15) is 12.4 Å². The molecule has 1 heterocycles. The molecule has 2 N–H and O–H groups in total. The monoisotopic (exact) mass is 480 g/mol. The third kappa shape index (κ3) is 6.82. The molecule has 1 aromatic heterocycles. The number of primary amides is 1. The highest BCUT2D eigenvalue weighted by molar-refractivity contribution is 7.99. The van der Waals surface area contributed by atoms with E-state index in [0.717, 1.165) is 28.5 Å². The Morgan fingerprint density at radius 2 is 1.73 bits per heavy atom. The molecule has 174 valence electrons. The molecule has 0 aliphatic carbocycles. The van der Waals surface area contributed by atoms with Crippen molar-refractivity contribution in [2.24, 2.45) is 5.73 Å². The first-order chi connectivity index (χ1) is 15.6. The summed E-state index contributed by atoms with van der Waals surface area (Å²) < 4.78 is 54.0. The van der Waals surface area contributed by atoms with Gasteiger partial charge >= 0.3 is 6.18 Å². The number of aromatic nitrogens is 2.